The molecule has 0 radical (unpaired) electrons. The van der Waals surface area contributed by atoms with Crippen molar-refractivity contribution in [1.29, 1.82) is 0 Å². The average Bonchev–Trinajstić information content (AvgIpc) is 3.31. The molecule has 9 heteroatoms. The number of aromatic nitrogens is 2. The molecule has 0 aliphatic rings. The number of thiazole rings is 1. The fraction of sp³-hybridized carbons (Fsp3) is 0.273. The van der Waals surface area contributed by atoms with Crippen molar-refractivity contribution in [3.05, 3.63) is 63.9 Å². The first-order chi connectivity index (χ1) is 14.8. The van der Waals surface area contributed by atoms with Gasteiger partial charge < -0.3 is 14.5 Å². The Hall–Kier alpha value is -3.46. The van der Waals surface area contributed by atoms with E-state index in [1.165, 1.54) is 23.2 Å². The lowest BCUT2D eigenvalue weighted by atomic mass is 10.1. The summed E-state index contributed by atoms with van der Waals surface area (Å²) in [7, 11) is 0. The number of anilines is 2. The molecule has 0 spiro atoms. The maximum atomic E-state index is 12.6. The third kappa shape index (κ3) is 4.83. The summed E-state index contributed by atoms with van der Waals surface area (Å²) in [5.41, 5.74) is 2.78. The highest BCUT2D eigenvalue weighted by molar-refractivity contribution is 7.14. The molecule has 1 N–H and O–H groups in total. The molecule has 3 rings (SSSR count). The number of aromatic amines is 1. The summed E-state index contributed by atoms with van der Waals surface area (Å²) in [6.07, 6.45) is 0. The largest absolute Gasteiger partial charge is 0.462 e. The van der Waals surface area contributed by atoms with E-state index >= 15 is 0 Å². The van der Waals surface area contributed by atoms with E-state index in [2.05, 4.69) is 9.97 Å². The minimum absolute atomic E-state index is 0.0673. The van der Waals surface area contributed by atoms with E-state index in [-0.39, 0.29) is 24.8 Å². The second kappa shape index (κ2) is 9.57. The molecule has 162 valence electrons. The van der Waals surface area contributed by atoms with Gasteiger partial charge in [-0.05, 0) is 38.5 Å². The number of rotatable bonds is 7. The van der Waals surface area contributed by atoms with Crippen LogP contribution in [0.1, 0.15) is 51.6 Å². The second-order valence-corrected chi connectivity index (χ2v) is 7.57. The Morgan fingerprint density at radius 3 is 2.45 bits per heavy atom. The Kier molecular flexibility index (Phi) is 6.86. The lowest BCUT2D eigenvalue weighted by molar-refractivity contribution is -0.115. The van der Waals surface area contributed by atoms with Crippen molar-refractivity contribution in [1.82, 2.24) is 9.97 Å². The van der Waals surface area contributed by atoms with Crippen molar-refractivity contribution in [2.24, 2.45) is 0 Å². The maximum Gasteiger partial charge on any atom is 0.355 e. The van der Waals surface area contributed by atoms with E-state index in [4.69, 9.17) is 9.47 Å². The van der Waals surface area contributed by atoms with Crippen LogP contribution >= 0.6 is 11.3 Å². The summed E-state index contributed by atoms with van der Waals surface area (Å²) in [6.45, 7) is 6.72. The van der Waals surface area contributed by atoms with Gasteiger partial charge in [0.05, 0.1) is 23.6 Å². The number of amides is 1. The van der Waals surface area contributed by atoms with Crippen LogP contribution in [0, 0.1) is 13.8 Å². The van der Waals surface area contributed by atoms with Crippen LogP contribution in [0.2, 0.25) is 0 Å². The van der Waals surface area contributed by atoms with Crippen LogP contribution in [0.5, 0.6) is 0 Å². The minimum Gasteiger partial charge on any atom is -0.462 e. The molecular weight excluding hydrogens is 418 g/mol. The summed E-state index contributed by atoms with van der Waals surface area (Å²) in [5.74, 6) is -1.26. The number of carbonyl (C=O) groups excluding carboxylic acids is 3. The third-order valence-electron chi connectivity index (χ3n) is 4.53. The number of para-hydroxylation sites is 1. The molecule has 0 unspecified atom stereocenters. The molecule has 2 aromatic heterocycles. The zero-order valence-corrected chi connectivity index (χ0v) is 18.5. The van der Waals surface area contributed by atoms with Gasteiger partial charge in [-0.3, -0.25) is 9.69 Å². The maximum absolute atomic E-state index is 12.6. The number of hydrogen-bond acceptors (Lipinski definition) is 7. The van der Waals surface area contributed by atoms with E-state index in [0.29, 0.717) is 33.3 Å². The van der Waals surface area contributed by atoms with Gasteiger partial charge in [-0.15, -0.1) is 11.3 Å². The van der Waals surface area contributed by atoms with E-state index in [1.54, 1.807) is 26.2 Å². The van der Waals surface area contributed by atoms with Crippen LogP contribution in [-0.2, 0) is 20.9 Å². The topological polar surface area (TPSA) is 102 Å². The lowest BCUT2D eigenvalue weighted by Crippen LogP contribution is -2.22. The summed E-state index contributed by atoms with van der Waals surface area (Å²) in [6, 6.07) is 9.19. The summed E-state index contributed by atoms with van der Waals surface area (Å²) in [5, 5.41) is 2.22. The predicted molar refractivity (Wildman–Crippen MR) is 117 cm³/mol. The number of H-pyrrole nitrogens is 1. The molecule has 8 nitrogen and oxygen atoms in total. The molecule has 0 atom stereocenters. The van der Waals surface area contributed by atoms with Crippen molar-refractivity contribution in [2.45, 2.75) is 34.3 Å². The zero-order valence-electron chi connectivity index (χ0n) is 17.7. The molecule has 0 saturated carbocycles. The Morgan fingerprint density at radius 2 is 1.81 bits per heavy atom. The highest BCUT2D eigenvalue weighted by atomic mass is 32.1. The quantitative estimate of drug-likeness (QED) is 0.549. The van der Waals surface area contributed by atoms with Crippen LogP contribution in [0.25, 0.3) is 0 Å². The zero-order chi connectivity index (χ0) is 22.5. The highest BCUT2D eigenvalue weighted by Crippen LogP contribution is 2.29. The Balaban J connectivity index is 1.72. The minimum atomic E-state index is -0.600. The standard InChI is InChI=1S/C22H23N3O5S/c1-5-29-20(27)18-13(2)19(23-14(18)3)21(28)30-11-16-12-31-22(24-16)25(15(4)26)17-9-7-6-8-10-17/h6-10,12,23H,5,11H2,1-4H3. The van der Waals surface area contributed by atoms with Crippen LogP contribution in [0.3, 0.4) is 0 Å². The van der Waals surface area contributed by atoms with Crippen LogP contribution in [0.4, 0.5) is 10.8 Å². The number of ether oxygens (including phenoxy) is 2. The fourth-order valence-electron chi connectivity index (χ4n) is 3.14. The van der Waals surface area contributed by atoms with Crippen molar-refractivity contribution in [2.75, 3.05) is 11.5 Å². The molecule has 0 saturated heterocycles. The van der Waals surface area contributed by atoms with Gasteiger partial charge in [0.25, 0.3) is 0 Å². The van der Waals surface area contributed by atoms with E-state index in [9.17, 15) is 14.4 Å². The van der Waals surface area contributed by atoms with Crippen molar-refractivity contribution in [3.63, 3.8) is 0 Å². The third-order valence-corrected chi connectivity index (χ3v) is 5.41. The second-order valence-electron chi connectivity index (χ2n) is 6.73. The van der Waals surface area contributed by atoms with Gasteiger partial charge in [0.15, 0.2) is 5.13 Å². The Morgan fingerprint density at radius 1 is 1.10 bits per heavy atom. The number of hydrogen-bond donors (Lipinski definition) is 1. The first kappa shape index (κ1) is 22.2. The highest BCUT2D eigenvalue weighted by Gasteiger charge is 2.24. The predicted octanol–water partition coefficient (Wildman–Crippen LogP) is 4.31. The lowest BCUT2D eigenvalue weighted by Gasteiger charge is -2.17. The van der Waals surface area contributed by atoms with E-state index in [0.717, 1.165) is 0 Å². The molecular formula is C22H23N3O5S. The normalized spacial score (nSPS) is 10.6. The molecule has 1 aromatic carbocycles. The van der Waals surface area contributed by atoms with Crippen LogP contribution in [-0.4, -0.2) is 34.4 Å². The molecule has 0 aliphatic heterocycles. The number of esters is 2. The van der Waals surface area contributed by atoms with E-state index in [1.807, 2.05) is 30.3 Å². The monoisotopic (exact) mass is 441 g/mol. The van der Waals surface area contributed by atoms with Crippen molar-refractivity contribution < 1.29 is 23.9 Å². The number of benzene rings is 1. The number of nitrogens with one attached hydrogen (secondary N) is 1. The Bertz CT molecular complexity index is 1100. The first-order valence-electron chi connectivity index (χ1n) is 9.67. The first-order valence-corrected chi connectivity index (χ1v) is 10.5. The van der Waals surface area contributed by atoms with Gasteiger partial charge in [-0.25, -0.2) is 14.6 Å². The SMILES string of the molecule is CCOC(=O)c1c(C)[nH]c(C(=O)OCc2csc(N(C(C)=O)c3ccccc3)n2)c1C. The average molecular weight is 442 g/mol. The number of aryl methyl sites for hydroxylation is 1. The summed E-state index contributed by atoms with van der Waals surface area (Å²) in [4.78, 5) is 45.6. The van der Waals surface area contributed by atoms with Crippen LogP contribution < -0.4 is 4.90 Å². The Labute approximate surface area is 183 Å². The molecule has 3 aromatic rings. The van der Waals surface area contributed by atoms with Crippen LogP contribution in [0.15, 0.2) is 35.7 Å². The van der Waals surface area contributed by atoms with Gasteiger partial charge in [-0.2, -0.15) is 0 Å². The summed E-state index contributed by atoms with van der Waals surface area (Å²) >= 11 is 1.28. The molecule has 1 amide bonds. The van der Waals surface area contributed by atoms with Crippen molar-refractivity contribution >= 4 is 40.0 Å². The molecule has 31 heavy (non-hydrogen) atoms. The number of nitrogens with zero attached hydrogens (tertiary/aromatic N) is 2. The van der Waals surface area contributed by atoms with E-state index < -0.39 is 11.9 Å². The number of carbonyl (C=O) groups is 3. The molecule has 2 heterocycles. The van der Waals surface area contributed by atoms with Gasteiger partial charge >= 0.3 is 11.9 Å². The van der Waals surface area contributed by atoms with Gasteiger partial charge in [0, 0.05) is 18.0 Å². The summed E-state index contributed by atoms with van der Waals surface area (Å²) < 4.78 is 10.4. The van der Waals surface area contributed by atoms with Gasteiger partial charge in [0.2, 0.25) is 5.91 Å². The molecule has 0 aliphatic carbocycles. The fourth-order valence-corrected chi connectivity index (χ4v) is 4.02. The molecule has 0 fully saturated rings. The van der Waals surface area contributed by atoms with Gasteiger partial charge in [-0.1, -0.05) is 18.2 Å². The van der Waals surface area contributed by atoms with Gasteiger partial charge in [0.1, 0.15) is 12.3 Å². The smallest absolute Gasteiger partial charge is 0.355 e. The van der Waals surface area contributed by atoms with Crippen molar-refractivity contribution in [3.8, 4) is 0 Å². The molecule has 0 bridgehead atoms.